The van der Waals surface area contributed by atoms with E-state index in [9.17, 15) is 61.3 Å². The van der Waals surface area contributed by atoms with Crippen molar-refractivity contribution in [1.82, 2.24) is 0 Å². The quantitative estimate of drug-likeness (QED) is 0.0981. The van der Waals surface area contributed by atoms with Crippen molar-refractivity contribution in [2.75, 3.05) is 19.8 Å². The van der Waals surface area contributed by atoms with Gasteiger partial charge in [0.1, 0.15) is 90.5 Å². The molecule has 2 aromatic carbocycles. The van der Waals surface area contributed by atoms with E-state index in [-0.39, 0.29) is 17.2 Å². The van der Waals surface area contributed by atoms with Crippen LogP contribution in [0.5, 0.6) is 17.2 Å². The second kappa shape index (κ2) is 16.5. The van der Waals surface area contributed by atoms with Crippen molar-refractivity contribution in [1.29, 1.82) is 0 Å². The van der Waals surface area contributed by atoms with E-state index < -0.39 is 112 Å². The van der Waals surface area contributed by atoms with Gasteiger partial charge in [-0.3, -0.25) is 0 Å². The van der Waals surface area contributed by atoms with Crippen LogP contribution in [0.15, 0.2) is 42.5 Å². The Morgan fingerprint density at radius 1 is 0.500 bits per heavy atom. The molecule has 3 saturated heterocycles. The first kappa shape index (κ1) is 38.2. The third-order valence-corrected chi connectivity index (χ3v) is 8.58. The first-order valence-corrected chi connectivity index (χ1v) is 15.7. The second-order valence-electron chi connectivity index (χ2n) is 12.1. The predicted molar refractivity (Wildman–Crippen MR) is 165 cm³/mol. The van der Waals surface area contributed by atoms with Crippen molar-refractivity contribution in [3.8, 4) is 17.2 Å². The highest BCUT2D eigenvalue weighted by Crippen LogP contribution is 2.32. The van der Waals surface area contributed by atoms with Crippen molar-refractivity contribution in [3.05, 3.63) is 53.6 Å². The molecule has 15 atom stereocenters. The predicted octanol–water partition coefficient (Wildman–Crippen LogP) is -4.26. The molecule has 0 aromatic heterocycles. The molecule has 3 fully saturated rings. The minimum Gasteiger partial charge on any atom is -0.508 e. The summed E-state index contributed by atoms with van der Waals surface area (Å²) in [6, 6.07) is 10.5. The maximum atomic E-state index is 10.9. The molecular weight excluding hydrogens is 672 g/mol. The van der Waals surface area contributed by atoms with Gasteiger partial charge in [-0.2, -0.15) is 0 Å². The molecule has 15 unspecified atom stereocenters. The van der Waals surface area contributed by atoms with Gasteiger partial charge < -0.3 is 89.7 Å². The molecule has 0 radical (unpaired) electrons. The lowest BCUT2D eigenvalue weighted by molar-refractivity contribution is -0.352. The Labute approximate surface area is 284 Å². The topological polar surface area (TPSA) is 298 Å². The van der Waals surface area contributed by atoms with Gasteiger partial charge in [-0.05, 0) is 35.4 Å². The molecule has 18 nitrogen and oxygen atoms in total. The van der Waals surface area contributed by atoms with Crippen LogP contribution in [0, 0.1) is 0 Å². The van der Waals surface area contributed by atoms with E-state index in [0.29, 0.717) is 11.1 Å². The number of aromatic hydroxyl groups is 1. The smallest absolute Gasteiger partial charge is 0.229 e. The highest BCUT2D eigenvalue weighted by atomic mass is 16.7. The fourth-order valence-corrected chi connectivity index (χ4v) is 5.71. The van der Waals surface area contributed by atoms with Crippen LogP contribution < -0.4 is 9.47 Å². The third kappa shape index (κ3) is 8.37. The van der Waals surface area contributed by atoms with Crippen LogP contribution in [0.4, 0.5) is 0 Å². The summed E-state index contributed by atoms with van der Waals surface area (Å²) >= 11 is 0. The Bertz CT molecular complexity index is 1400. The van der Waals surface area contributed by atoms with Crippen LogP contribution in [-0.4, -0.2) is 173 Å². The molecular formula is C32H42O18. The molecule has 278 valence electrons. The van der Waals surface area contributed by atoms with E-state index in [1.54, 1.807) is 36.4 Å². The average Bonchev–Trinajstić information content (AvgIpc) is 3.11. The second-order valence-corrected chi connectivity index (χ2v) is 12.1. The molecule has 12 N–H and O–H groups in total. The molecule has 3 heterocycles. The Hall–Kier alpha value is -3.02. The molecule has 3 aliphatic heterocycles. The maximum absolute atomic E-state index is 10.9. The maximum Gasteiger partial charge on any atom is 0.229 e. The van der Waals surface area contributed by atoms with Gasteiger partial charge in [0, 0.05) is 6.07 Å². The van der Waals surface area contributed by atoms with Gasteiger partial charge in [-0.1, -0.05) is 24.3 Å². The number of benzene rings is 2. The number of hydrogen-bond donors (Lipinski definition) is 12. The average molecular weight is 715 g/mol. The summed E-state index contributed by atoms with van der Waals surface area (Å²) in [6.45, 7) is -2.08. The molecule has 50 heavy (non-hydrogen) atoms. The number of aliphatic hydroxyl groups excluding tert-OH is 11. The van der Waals surface area contributed by atoms with Crippen LogP contribution in [0.3, 0.4) is 0 Å². The summed E-state index contributed by atoms with van der Waals surface area (Å²) in [5, 5.41) is 121. The Kier molecular flexibility index (Phi) is 12.6. The van der Waals surface area contributed by atoms with Crippen molar-refractivity contribution in [3.63, 3.8) is 0 Å². The SMILES string of the molecule is OCC1OC(Oc2ccc(C=Cc3cc(O)cc(OC4OC(CO)C(OC5OC(CO)C(O)C(O)C5O)C(O)C4O)c3)cc2)C(O)C(O)C1O. The first-order chi connectivity index (χ1) is 23.8. The molecule has 0 spiro atoms. The van der Waals surface area contributed by atoms with Crippen molar-refractivity contribution >= 4 is 12.2 Å². The van der Waals surface area contributed by atoms with Crippen LogP contribution in [-0.2, 0) is 18.9 Å². The molecule has 0 amide bonds. The van der Waals surface area contributed by atoms with Gasteiger partial charge in [0.2, 0.25) is 12.6 Å². The standard InChI is InChI=1S/C32H42O18/c33-10-18-21(37)23(39)26(42)30(47-18)45-16-5-3-13(4-6-16)1-2-14-7-15(36)9-17(8-14)46-31-28(44)25(41)29(20(12-35)49-31)50-32-27(43)24(40)22(38)19(11-34)48-32/h1-9,18-44H,10-12H2. The summed E-state index contributed by atoms with van der Waals surface area (Å²) < 4.78 is 33.1. The molecule has 18 heteroatoms. The number of aliphatic hydroxyl groups is 11. The molecule has 0 saturated carbocycles. The number of phenolic OH excluding ortho intramolecular Hbond substituents is 1. The van der Waals surface area contributed by atoms with E-state index in [4.69, 9.17) is 28.4 Å². The highest BCUT2D eigenvalue weighted by molar-refractivity contribution is 5.71. The van der Waals surface area contributed by atoms with E-state index in [0.717, 1.165) is 0 Å². The van der Waals surface area contributed by atoms with Gasteiger partial charge in [-0.25, -0.2) is 0 Å². The zero-order chi connectivity index (χ0) is 36.3. The van der Waals surface area contributed by atoms with Crippen LogP contribution in [0.1, 0.15) is 11.1 Å². The minimum absolute atomic E-state index is 0.00849. The molecule has 5 rings (SSSR count). The highest BCUT2D eigenvalue weighted by Gasteiger charge is 2.51. The van der Waals surface area contributed by atoms with Gasteiger partial charge in [0.05, 0.1) is 19.8 Å². The summed E-state index contributed by atoms with van der Waals surface area (Å²) in [7, 11) is 0. The molecule has 0 bridgehead atoms. The summed E-state index contributed by atoms with van der Waals surface area (Å²) in [4.78, 5) is 0. The Morgan fingerprint density at radius 3 is 1.56 bits per heavy atom. The fraction of sp³-hybridized carbons (Fsp3) is 0.562. The van der Waals surface area contributed by atoms with E-state index >= 15 is 0 Å². The van der Waals surface area contributed by atoms with Gasteiger partial charge in [0.15, 0.2) is 6.29 Å². The number of phenols is 1. The first-order valence-electron chi connectivity index (χ1n) is 15.7. The van der Waals surface area contributed by atoms with E-state index in [1.165, 1.54) is 18.2 Å². The molecule has 0 aliphatic carbocycles. The van der Waals surface area contributed by atoms with Crippen molar-refractivity contribution in [2.45, 2.75) is 92.1 Å². The number of ether oxygens (including phenoxy) is 6. The van der Waals surface area contributed by atoms with Gasteiger partial charge in [0.25, 0.3) is 0 Å². The Morgan fingerprint density at radius 2 is 0.980 bits per heavy atom. The van der Waals surface area contributed by atoms with Crippen molar-refractivity contribution < 1.29 is 89.7 Å². The lowest BCUT2D eigenvalue weighted by Gasteiger charge is -2.45. The van der Waals surface area contributed by atoms with Crippen LogP contribution in [0.25, 0.3) is 12.2 Å². The third-order valence-electron chi connectivity index (χ3n) is 8.58. The van der Waals surface area contributed by atoms with E-state index in [1.807, 2.05) is 0 Å². The summed E-state index contributed by atoms with van der Waals surface area (Å²) in [5.74, 6) is 0.0442. The van der Waals surface area contributed by atoms with Gasteiger partial charge in [-0.15, -0.1) is 0 Å². The summed E-state index contributed by atoms with van der Waals surface area (Å²) in [5.41, 5.74) is 1.11. The number of hydrogen-bond acceptors (Lipinski definition) is 18. The zero-order valence-electron chi connectivity index (χ0n) is 26.3. The van der Waals surface area contributed by atoms with Gasteiger partial charge >= 0.3 is 0 Å². The lowest BCUT2D eigenvalue weighted by Crippen LogP contribution is -2.65. The normalized spacial score (nSPS) is 39.4. The van der Waals surface area contributed by atoms with E-state index in [2.05, 4.69) is 0 Å². The lowest BCUT2D eigenvalue weighted by atomic mass is 9.97. The largest absolute Gasteiger partial charge is 0.508 e. The zero-order valence-corrected chi connectivity index (χ0v) is 26.3. The molecule has 3 aliphatic rings. The molecule has 2 aromatic rings. The fourth-order valence-electron chi connectivity index (χ4n) is 5.71. The minimum atomic E-state index is -1.81. The monoisotopic (exact) mass is 714 g/mol. The van der Waals surface area contributed by atoms with Crippen LogP contribution >= 0.6 is 0 Å². The Balaban J connectivity index is 1.21. The summed E-state index contributed by atoms with van der Waals surface area (Å²) in [6.07, 6.45) is -20.1. The van der Waals surface area contributed by atoms with Crippen LogP contribution in [0.2, 0.25) is 0 Å². The van der Waals surface area contributed by atoms with Crippen molar-refractivity contribution in [2.24, 2.45) is 0 Å². The number of rotatable bonds is 11.